The molecule has 1 amide bonds. The Balaban J connectivity index is 4.45. The third-order valence-electron chi connectivity index (χ3n) is 3.02. The van der Waals surface area contributed by atoms with E-state index in [9.17, 15) is 18.0 Å². The highest BCUT2D eigenvalue weighted by Crippen LogP contribution is 2.08. The summed E-state index contributed by atoms with van der Waals surface area (Å²) < 4.78 is 23.3. The van der Waals surface area contributed by atoms with Crippen LogP contribution in [0.25, 0.3) is 0 Å². The molecule has 0 saturated carbocycles. The van der Waals surface area contributed by atoms with Gasteiger partial charge in [-0.05, 0) is 11.8 Å². The molecule has 0 fully saturated rings. The van der Waals surface area contributed by atoms with E-state index in [2.05, 4.69) is 5.32 Å². The summed E-state index contributed by atoms with van der Waals surface area (Å²) in [5.74, 6) is -2.04. The molecular weight excluding hydrogens is 282 g/mol. The number of hydrogen-bond acceptors (Lipinski definition) is 4. The van der Waals surface area contributed by atoms with Gasteiger partial charge in [0, 0.05) is 6.42 Å². The van der Waals surface area contributed by atoms with Crippen molar-refractivity contribution >= 4 is 21.7 Å². The molecular formula is C13H25NO5S. The lowest BCUT2D eigenvalue weighted by atomic mass is 9.99. The number of nitrogens with one attached hydrogen (secondary N) is 1. The highest BCUT2D eigenvalue weighted by molar-refractivity contribution is 7.91. The Labute approximate surface area is 120 Å². The van der Waals surface area contributed by atoms with Crippen LogP contribution in [0.1, 0.15) is 40.5 Å². The molecule has 0 aromatic rings. The zero-order chi connectivity index (χ0) is 15.9. The summed E-state index contributed by atoms with van der Waals surface area (Å²) in [6.45, 7) is 7.15. The number of amides is 1. The van der Waals surface area contributed by atoms with Crippen molar-refractivity contribution in [1.82, 2.24) is 5.32 Å². The van der Waals surface area contributed by atoms with Crippen LogP contribution < -0.4 is 5.32 Å². The van der Waals surface area contributed by atoms with Crippen LogP contribution in [0, 0.1) is 11.8 Å². The first-order chi connectivity index (χ1) is 9.09. The highest BCUT2D eigenvalue weighted by Gasteiger charge is 2.25. The smallest absolute Gasteiger partial charge is 0.326 e. The predicted molar refractivity (Wildman–Crippen MR) is 77.1 cm³/mol. The minimum absolute atomic E-state index is 0.00921. The van der Waals surface area contributed by atoms with Crippen LogP contribution in [0.5, 0.6) is 0 Å². The van der Waals surface area contributed by atoms with Gasteiger partial charge in [0.1, 0.15) is 6.04 Å². The monoisotopic (exact) mass is 307 g/mol. The van der Waals surface area contributed by atoms with Crippen LogP contribution >= 0.6 is 0 Å². The third-order valence-corrected chi connectivity index (χ3v) is 5.02. The number of rotatable bonds is 9. The van der Waals surface area contributed by atoms with Gasteiger partial charge in [-0.15, -0.1) is 0 Å². The van der Waals surface area contributed by atoms with Crippen molar-refractivity contribution in [1.29, 1.82) is 0 Å². The van der Waals surface area contributed by atoms with Gasteiger partial charge in [0.15, 0.2) is 9.84 Å². The molecule has 118 valence electrons. The number of carboxylic acids is 1. The van der Waals surface area contributed by atoms with E-state index in [1.807, 2.05) is 6.92 Å². The summed E-state index contributed by atoms with van der Waals surface area (Å²) in [4.78, 5) is 22.7. The van der Waals surface area contributed by atoms with Crippen LogP contribution in [0.15, 0.2) is 0 Å². The van der Waals surface area contributed by atoms with Crippen molar-refractivity contribution in [2.45, 2.75) is 46.6 Å². The number of sulfone groups is 1. The Morgan fingerprint density at radius 1 is 1.20 bits per heavy atom. The van der Waals surface area contributed by atoms with Crippen molar-refractivity contribution < 1.29 is 23.1 Å². The SMILES string of the molecule is CC[C@H](C)[C@H](NC(=O)CCS(=O)(=O)CC(C)C)C(=O)O. The second-order valence-electron chi connectivity index (χ2n) is 5.53. The number of aliphatic carboxylic acids is 1. The molecule has 0 spiro atoms. The molecule has 0 radical (unpaired) electrons. The van der Waals surface area contributed by atoms with Gasteiger partial charge in [-0.2, -0.15) is 0 Å². The molecule has 0 unspecified atom stereocenters. The van der Waals surface area contributed by atoms with E-state index in [-0.39, 0.29) is 29.8 Å². The molecule has 2 N–H and O–H groups in total. The number of carboxylic acid groups (broad SMARTS) is 1. The first-order valence-electron chi connectivity index (χ1n) is 6.81. The fraction of sp³-hybridized carbons (Fsp3) is 0.846. The maximum Gasteiger partial charge on any atom is 0.326 e. The zero-order valence-corrected chi connectivity index (χ0v) is 13.4. The summed E-state index contributed by atoms with van der Waals surface area (Å²) >= 11 is 0. The Bertz CT molecular complexity index is 430. The minimum Gasteiger partial charge on any atom is -0.480 e. The van der Waals surface area contributed by atoms with Crippen molar-refractivity contribution in [2.24, 2.45) is 11.8 Å². The lowest BCUT2D eigenvalue weighted by Gasteiger charge is -2.20. The molecule has 0 aromatic carbocycles. The summed E-state index contributed by atoms with van der Waals surface area (Å²) in [6.07, 6.45) is 0.415. The first-order valence-corrected chi connectivity index (χ1v) is 8.63. The lowest BCUT2D eigenvalue weighted by Crippen LogP contribution is -2.45. The van der Waals surface area contributed by atoms with Gasteiger partial charge >= 0.3 is 5.97 Å². The quantitative estimate of drug-likeness (QED) is 0.663. The Kier molecular flexibility index (Phi) is 7.78. The minimum atomic E-state index is -3.27. The molecule has 2 atom stereocenters. The van der Waals surface area contributed by atoms with Gasteiger partial charge in [0.25, 0.3) is 0 Å². The summed E-state index contributed by atoms with van der Waals surface area (Å²) in [6, 6.07) is -0.972. The van der Waals surface area contributed by atoms with Crippen molar-refractivity contribution in [3.63, 3.8) is 0 Å². The summed E-state index contributed by atoms with van der Waals surface area (Å²) in [7, 11) is -3.27. The Morgan fingerprint density at radius 3 is 2.15 bits per heavy atom. The van der Waals surface area contributed by atoms with E-state index >= 15 is 0 Å². The molecule has 6 nitrogen and oxygen atoms in total. The Morgan fingerprint density at radius 2 is 1.75 bits per heavy atom. The van der Waals surface area contributed by atoms with Gasteiger partial charge in [0.05, 0.1) is 11.5 Å². The molecule has 0 aliphatic rings. The van der Waals surface area contributed by atoms with Crippen LogP contribution in [0.3, 0.4) is 0 Å². The van der Waals surface area contributed by atoms with E-state index in [1.165, 1.54) is 0 Å². The average molecular weight is 307 g/mol. The molecule has 20 heavy (non-hydrogen) atoms. The Hall–Kier alpha value is -1.11. The second kappa shape index (κ2) is 8.24. The van der Waals surface area contributed by atoms with E-state index in [0.717, 1.165) is 0 Å². The summed E-state index contributed by atoms with van der Waals surface area (Å²) in [5, 5.41) is 11.4. The van der Waals surface area contributed by atoms with E-state index in [1.54, 1.807) is 20.8 Å². The summed E-state index contributed by atoms with van der Waals surface area (Å²) in [5.41, 5.74) is 0. The maximum atomic E-state index is 11.7. The maximum absolute atomic E-state index is 11.7. The molecule has 0 rings (SSSR count). The van der Waals surface area contributed by atoms with Crippen LogP contribution in [0.2, 0.25) is 0 Å². The molecule has 0 aliphatic carbocycles. The standard InChI is InChI=1S/C13H25NO5S/c1-5-10(4)12(13(16)17)14-11(15)6-7-20(18,19)8-9(2)3/h9-10,12H,5-8H2,1-4H3,(H,14,15)(H,16,17)/t10-,12-/m0/s1. The van der Waals surface area contributed by atoms with Gasteiger partial charge < -0.3 is 10.4 Å². The first kappa shape index (κ1) is 18.9. The van der Waals surface area contributed by atoms with Gasteiger partial charge in [-0.25, -0.2) is 13.2 Å². The highest BCUT2D eigenvalue weighted by atomic mass is 32.2. The van der Waals surface area contributed by atoms with E-state index < -0.39 is 27.8 Å². The van der Waals surface area contributed by atoms with Gasteiger partial charge in [0.2, 0.25) is 5.91 Å². The van der Waals surface area contributed by atoms with Crippen molar-refractivity contribution in [2.75, 3.05) is 11.5 Å². The van der Waals surface area contributed by atoms with Crippen molar-refractivity contribution in [3.05, 3.63) is 0 Å². The fourth-order valence-corrected chi connectivity index (χ4v) is 3.45. The number of hydrogen-bond donors (Lipinski definition) is 2. The zero-order valence-electron chi connectivity index (χ0n) is 12.5. The largest absolute Gasteiger partial charge is 0.480 e. The normalized spacial score (nSPS) is 14.8. The van der Waals surface area contributed by atoms with Crippen LogP contribution in [0.4, 0.5) is 0 Å². The molecule has 0 saturated heterocycles. The number of carbonyl (C=O) groups is 2. The van der Waals surface area contributed by atoms with E-state index in [4.69, 9.17) is 5.11 Å². The van der Waals surface area contributed by atoms with E-state index in [0.29, 0.717) is 6.42 Å². The molecule has 0 aliphatic heterocycles. The average Bonchev–Trinajstić information content (AvgIpc) is 2.30. The topological polar surface area (TPSA) is 101 Å². The molecule has 0 heterocycles. The van der Waals surface area contributed by atoms with Crippen LogP contribution in [-0.2, 0) is 19.4 Å². The van der Waals surface area contributed by atoms with Crippen molar-refractivity contribution in [3.8, 4) is 0 Å². The number of carbonyl (C=O) groups excluding carboxylic acids is 1. The second-order valence-corrected chi connectivity index (χ2v) is 7.76. The van der Waals surface area contributed by atoms with Gasteiger partial charge in [-0.3, -0.25) is 4.79 Å². The van der Waals surface area contributed by atoms with Gasteiger partial charge in [-0.1, -0.05) is 34.1 Å². The molecule has 0 aromatic heterocycles. The third kappa shape index (κ3) is 7.47. The fourth-order valence-electron chi connectivity index (χ4n) is 1.77. The lowest BCUT2D eigenvalue weighted by molar-refractivity contribution is -0.143. The molecule has 7 heteroatoms. The molecule has 0 bridgehead atoms. The van der Waals surface area contributed by atoms with Crippen LogP contribution in [-0.4, -0.2) is 42.9 Å². The predicted octanol–water partition coefficient (Wildman–Crippen LogP) is 1.06.